The van der Waals surface area contributed by atoms with Crippen molar-refractivity contribution in [2.45, 2.75) is 50.2 Å². The Morgan fingerprint density at radius 2 is 2.17 bits per heavy atom. The number of aliphatic hydroxyl groups excluding tert-OH is 1. The molecule has 0 aliphatic heterocycles. The highest BCUT2D eigenvalue weighted by Crippen LogP contribution is 2.39. The molecule has 1 heterocycles. The van der Waals surface area contributed by atoms with Crippen LogP contribution in [0.2, 0.25) is 0 Å². The third-order valence-corrected chi connectivity index (χ3v) is 4.83. The van der Waals surface area contributed by atoms with Crippen molar-refractivity contribution in [2.24, 2.45) is 0 Å². The van der Waals surface area contributed by atoms with Crippen LogP contribution in [0.4, 0.5) is 0 Å². The number of sulfone groups is 1. The average Bonchev–Trinajstić information content (AvgIpc) is 3.04. The van der Waals surface area contributed by atoms with Gasteiger partial charge in [-0.25, -0.2) is 13.4 Å². The topological polar surface area (TPSA) is 72.2 Å². The molecule has 0 aromatic carbocycles. The van der Waals surface area contributed by atoms with Gasteiger partial charge in [0.1, 0.15) is 0 Å². The van der Waals surface area contributed by atoms with Gasteiger partial charge < -0.3 is 9.67 Å². The lowest BCUT2D eigenvalue weighted by molar-refractivity contribution is 0.295. The summed E-state index contributed by atoms with van der Waals surface area (Å²) in [5.74, 6) is 0.227. The highest BCUT2D eigenvalue weighted by Gasteiger charge is 2.33. The SMILES string of the molecule is CC(C)c1cnc(S(=O)(=O)CCCO)n1C1CC1. The number of aromatic nitrogens is 2. The van der Waals surface area contributed by atoms with Gasteiger partial charge in [-0.05, 0) is 25.2 Å². The van der Waals surface area contributed by atoms with Gasteiger partial charge >= 0.3 is 0 Å². The van der Waals surface area contributed by atoms with E-state index in [1.54, 1.807) is 6.20 Å². The molecular weight excluding hydrogens is 252 g/mol. The minimum atomic E-state index is -3.38. The van der Waals surface area contributed by atoms with Crippen LogP contribution >= 0.6 is 0 Å². The number of aliphatic hydroxyl groups is 1. The zero-order valence-corrected chi connectivity index (χ0v) is 11.7. The van der Waals surface area contributed by atoms with E-state index in [1.165, 1.54) is 0 Å². The lowest BCUT2D eigenvalue weighted by atomic mass is 10.1. The molecule has 5 nitrogen and oxygen atoms in total. The quantitative estimate of drug-likeness (QED) is 0.851. The minimum absolute atomic E-state index is 0.0369. The fourth-order valence-corrected chi connectivity index (χ4v) is 3.52. The maximum atomic E-state index is 12.2. The summed E-state index contributed by atoms with van der Waals surface area (Å²) in [6.45, 7) is 3.97. The summed E-state index contributed by atoms with van der Waals surface area (Å²) >= 11 is 0. The summed E-state index contributed by atoms with van der Waals surface area (Å²) in [6.07, 6.45) is 3.99. The summed E-state index contributed by atoms with van der Waals surface area (Å²) < 4.78 is 26.3. The van der Waals surface area contributed by atoms with Crippen molar-refractivity contribution in [3.8, 4) is 0 Å². The van der Waals surface area contributed by atoms with Crippen LogP contribution in [0.5, 0.6) is 0 Å². The van der Waals surface area contributed by atoms with Gasteiger partial charge in [0.15, 0.2) is 0 Å². The van der Waals surface area contributed by atoms with E-state index >= 15 is 0 Å². The summed E-state index contributed by atoms with van der Waals surface area (Å²) in [7, 11) is -3.38. The van der Waals surface area contributed by atoms with Gasteiger partial charge in [0, 0.05) is 24.5 Å². The lowest BCUT2D eigenvalue weighted by Gasteiger charge is -2.13. The molecular formula is C12H20N2O3S. The number of hydrogen-bond donors (Lipinski definition) is 1. The summed E-state index contributed by atoms with van der Waals surface area (Å²) in [5.41, 5.74) is 0.986. The first-order chi connectivity index (χ1) is 8.47. The Labute approximate surface area is 108 Å². The molecule has 0 spiro atoms. The maximum Gasteiger partial charge on any atom is 0.228 e. The first kappa shape index (κ1) is 13.5. The fourth-order valence-electron chi connectivity index (χ4n) is 2.06. The van der Waals surface area contributed by atoms with Crippen LogP contribution < -0.4 is 0 Å². The molecule has 102 valence electrons. The van der Waals surface area contributed by atoms with Crippen molar-refractivity contribution in [3.63, 3.8) is 0 Å². The lowest BCUT2D eigenvalue weighted by Crippen LogP contribution is -2.16. The number of rotatable bonds is 6. The first-order valence-corrected chi connectivity index (χ1v) is 8.03. The van der Waals surface area contributed by atoms with Crippen LogP contribution in [0.25, 0.3) is 0 Å². The second-order valence-corrected chi connectivity index (χ2v) is 7.12. The monoisotopic (exact) mass is 272 g/mol. The van der Waals surface area contributed by atoms with Crippen LogP contribution in [-0.4, -0.2) is 35.4 Å². The van der Waals surface area contributed by atoms with Gasteiger partial charge in [-0.15, -0.1) is 0 Å². The van der Waals surface area contributed by atoms with E-state index < -0.39 is 9.84 Å². The zero-order valence-electron chi connectivity index (χ0n) is 10.8. The molecule has 1 aliphatic carbocycles. The fraction of sp³-hybridized carbons (Fsp3) is 0.750. The molecule has 1 saturated carbocycles. The van der Waals surface area contributed by atoms with E-state index in [0.29, 0.717) is 6.04 Å². The number of hydrogen-bond acceptors (Lipinski definition) is 4. The molecule has 0 unspecified atom stereocenters. The van der Waals surface area contributed by atoms with Gasteiger partial charge in [-0.2, -0.15) is 0 Å². The molecule has 0 amide bonds. The third-order valence-electron chi connectivity index (χ3n) is 3.14. The Morgan fingerprint density at radius 3 is 2.67 bits per heavy atom. The maximum absolute atomic E-state index is 12.2. The minimum Gasteiger partial charge on any atom is -0.396 e. The molecule has 18 heavy (non-hydrogen) atoms. The molecule has 1 aromatic rings. The predicted octanol–water partition coefficient (Wildman–Crippen LogP) is 1.50. The molecule has 0 saturated heterocycles. The molecule has 1 aliphatic rings. The summed E-state index contributed by atoms with van der Waals surface area (Å²) in [5, 5.41) is 8.95. The molecule has 1 N–H and O–H groups in total. The van der Waals surface area contributed by atoms with Crippen molar-refractivity contribution in [1.82, 2.24) is 9.55 Å². The van der Waals surface area contributed by atoms with E-state index in [-0.39, 0.29) is 29.9 Å². The summed E-state index contributed by atoms with van der Waals surface area (Å²) in [4.78, 5) is 4.12. The predicted molar refractivity (Wildman–Crippen MR) is 68.3 cm³/mol. The largest absolute Gasteiger partial charge is 0.396 e. The number of imidazole rings is 1. The van der Waals surface area contributed by atoms with Crippen LogP contribution in [0.15, 0.2) is 11.4 Å². The van der Waals surface area contributed by atoms with Crippen LogP contribution in [0.3, 0.4) is 0 Å². The molecule has 0 radical (unpaired) electrons. The van der Waals surface area contributed by atoms with Gasteiger partial charge in [0.2, 0.25) is 15.0 Å². The van der Waals surface area contributed by atoms with Crippen LogP contribution in [0.1, 0.15) is 50.8 Å². The van der Waals surface area contributed by atoms with E-state index in [2.05, 4.69) is 4.98 Å². The standard InChI is InChI=1S/C12H20N2O3S/c1-9(2)11-8-13-12(14(11)10-4-5-10)18(16,17)7-3-6-15/h8-10,15H,3-7H2,1-2H3. The van der Waals surface area contributed by atoms with E-state index in [0.717, 1.165) is 18.5 Å². The Hall–Kier alpha value is -0.880. The molecule has 2 rings (SSSR count). The molecule has 0 atom stereocenters. The first-order valence-electron chi connectivity index (χ1n) is 6.38. The average molecular weight is 272 g/mol. The van der Waals surface area contributed by atoms with E-state index in [1.807, 2.05) is 18.4 Å². The Balaban J connectivity index is 2.39. The smallest absolute Gasteiger partial charge is 0.228 e. The Bertz CT molecular complexity index is 515. The van der Waals surface area contributed by atoms with Crippen molar-refractivity contribution >= 4 is 9.84 Å². The molecule has 1 fully saturated rings. The highest BCUT2D eigenvalue weighted by molar-refractivity contribution is 7.91. The Morgan fingerprint density at radius 1 is 1.50 bits per heavy atom. The van der Waals surface area contributed by atoms with E-state index in [4.69, 9.17) is 5.11 Å². The van der Waals surface area contributed by atoms with Crippen molar-refractivity contribution < 1.29 is 13.5 Å². The number of nitrogens with zero attached hydrogens (tertiary/aromatic N) is 2. The summed E-state index contributed by atoms with van der Waals surface area (Å²) in [6, 6.07) is 0.295. The third kappa shape index (κ3) is 2.59. The van der Waals surface area contributed by atoms with Crippen molar-refractivity contribution in [2.75, 3.05) is 12.4 Å². The second-order valence-electron chi connectivity index (χ2n) is 5.12. The van der Waals surface area contributed by atoms with Gasteiger partial charge in [0.05, 0.1) is 5.75 Å². The molecule has 6 heteroatoms. The normalized spacial score (nSPS) is 16.4. The van der Waals surface area contributed by atoms with Gasteiger partial charge in [-0.3, -0.25) is 0 Å². The van der Waals surface area contributed by atoms with Crippen LogP contribution in [0, 0.1) is 0 Å². The molecule has 0 bridgehead atoms. The van der Waals surface area contributed by atoms with Gasteiger partial charge in [0.25, 0.3) is 0 Å². The van der Waals surface area contributed by atoms with Crippen molar-refractivity contribution in [3.05, 3.63) is 11.9 Å². The molecule has 1 aromatic heterocycles. The highest BCUT2D eigenvalue weighted by atomic mass is 32.2. The zero-order chi connectivity index (χ0) is 13.3. The van der Waals surface area contributed by atoms with Crippen molar-refractivity contribution in [1.29, 1.82) is 0 Å². The van der Waals surface area contributed by atoms with Crippen LogP contribution in [-0.2, 0) is 9.84 Å². The van der Waals surface area contributed by atoms with Gasteiger partial charge in [-0.1, -0.05) is 13.8 Å². The second kappa shape index (κ2) is 5.01. The Kier molecular flexibility index (Phi) is 3.77. The van der Waals surface area contributed by atoms with E-state index in [9.17, 15) is 8.42 Å².